The average Bonchev–Trinajstić information content (AvgIpc) is 2.37. The number of hydrogen-bond acceptors (Lipinski definition) is 4. The van der Waals surface area contributed by atoms with Gasteiger partial charge in [0.05, 0.1) is 24.4 Å². The van der Waals surface area contributed by atoms with E-state index in [1.165, 1.54) is 13.2 Å². The van der Waals surface area contributed by atoms with Crippen LogP contribution in [0.1, 0.15) is 16.8 Å². The highest BCUT2D eigenvalue weighted by Gasteiger charge is 2.40. The normalized spacial score (nSPS) is 10.6. The average molecular weight is 286 g/mol. The fraction of sp³-hybridized carbons (Fsp3) is 0.250. The third-order valence-corrected chi connectivity index (χ3v) is 2.24. The van der Waals surface area contributed by atoms with Crippen molar-refractivity contribution in [1.82, 2.24) is 0 Å². The third-order valence-electron chi connectivity index (χ3n) is 2.24. The van der Waals surface area contributed by atoms with Gasteiger partial charge in [0.2, 0.25) is 5.91 Å². The predicted octanol–water partition coefficient (Wildman–Crippen LogP) is 2.29. The number of anilines is 1. The van der Waals surface area contributed by atoms with E-state index in [0.29, 0.717) is 0 Å². The van der Waals surface area contributed by atoms with E-state index in [9.17, 15) is 22.8 Å². The van der Waals surface area contributed by atoms with Crippen molar-refractivity contribution < 1.29 is 27.5 Å². The van der Waals surface area contributed by atoms with Crippen molar-refractivity contribution in [2.24, 2.45) is 0 Å². The smallest absolute Gasteiger partial charge is 0.454 e. The highest BCUT2D eigenvalue weighted by atomic mass is 19.4. The number of carbonyl (C=O) groups is 2. The van der Waals surface area contributed by atoms with Gasteiger partial charge in [0.15, 0.2) is 0 Å². The minimum absolute atomic E-state index is 0.0379. The Labute approximate surface area is 111 Å². The van der Waals surface area contributed by atoms with E-state index in [0.717, 1.165) is 12.1 Å². The molecule has 5 nitrogen and oxygen atoms in total. The Morgan fingerprint density at radius 3 is 2.55 bits per heavy atom. The Balaban J connectivity index is 3.21. The summed E-state index contributed by atoms with van der Waals surface area (Å²) in [6.07, 6.45) is -5.62. The van der Waals surface area contributed by atoms with Crippen molar-refractivity contribution >= 4 is 17.4 Å². The maximum Gasteiger partial charge on any atom is 0.454 e. The first kappa shape index (κ1) is 15.5. The van der Waals surface area contributed by atoms with Gasteiger partial charge in [-0.3, -0.25) is 9.59 Å². The molecule has 1 aromatic carbocycles. The number of rotatable bonds is 4. The number of amides is 1. The molecule has 0 fully saturated rings. The highest BCUT2D eigenvalue weighted by Crippen LogP contribution is 2.29. The number of halogens is 3. The second-order valence-electron chi connectivity index (χ2n) is 3.62. The van der Waals surface area contributed by atoms with E-state index in [2.05, 4.69) is 5.32 Å². The molecule has 0 aliphatic heterocycles. The molecule has 106 valence electrons. The van der Waals surface area contributed by atoms with Gasteiger partial charge in [-0.05, 0) is 18.2 Å². The van der Waals surface area contributed by atoms with Crippen LogP contribution in [-0.2, 0) is 4.79 Å². The van der Waals surface area contributed by atoms with Crippen LogP contribution in [0.5, 0.6) is 5.75 Å². The molecular weight excluding hydrogens is 277 g/mol. The van der Waals surface area contributed by atoms with Crippen LogP contribution < -0.4 is 10.1 Å². The summed E-state index contributed by atoms with van der Waals surface area (Å²) in [7, 11) is 1.23. The molecule has 0 bridgehead atoms. The lowest BCUT2D eigenvalue weighted by Crippen LogP contribution is -2.25. The first-order valence-corrected chi connectivity index (χ1v) is 5.26. The lowest BCUT2D eigenvalue weighted by molar-refractivity contribution is -0.115. The van der Waals surface area contributed by atoms with E-state index >= 15 is 0 Å². The summed E-state index contributed by atoms with van der Waals surface area (Å²) in [5, 5.41) is 10.4. The van der Waals surface area contributed by atoms with Gasteiger partial charge in [-0.2, -0.15) is 18.4 Å². The first-order valence-electron chi connectivity index (χ1n) is 5.26. The zero-order valence-electron chi connectivity index (χ0n) is 10.2. The SMILES string of the molecule is COc1ccc(NC(=O)CC#N)c(C(=O)C(F)(F)F)c1. The molecule has 8 heteroatoms. The first-order chi connectivity index (χ1) is 9.29. The van der Waals surface area contributed by atoms with Crippen molar-refractivity contribution in [1.29, 1.82) is 5.26 Å². The van der Waals surface area contributed by atoms with Crippen LogP contribution >= 0.6 is 0 Å². The fourth-order valence-corrected chi connectivity index (χ4v) is 1.37. The molecule has 0 heterocycles. The molecule has 1 aromatic rings. The summed E-state index contributed by atoms with van der Waals surface area (Å²) in [5.74, 6) is -2.88. The fourth-order valence-electron chi connectivity index (χ4n) is 1.37. The summed E-state index contributed by atoms with van der Waals surface area (Å²) in [4.78, 5) is 22.5. The summed E-state index contributed by atoms with van der Waals surface area (Å²) in [6, 6.07) is 4.81. The highest BCUT2D eigenvalue weighted by molar-refractivity contribution is 6.08. The Bertz CT molecular complexity index is 576. The number of hydrogen-bond donors (Lipinski definition) is 1. The zero-order chi connectivity index (χ0) is 15.3. The lowest BCUT2D eigenvalue weighted by Gasteiger charge is -2.12. The van der Waals surface area contributed by atoms with Crippen molar-refractivity contribution in [2.75, 3.05) is 12.4 Å². The number of methoxy groups -OCH3 is 1. The van der Waals surface area contributed by atoms with Crippen molar-refractivity contribution in [2.45, 2.75) is 12.6 Å². The van der Waals surface area contributed by atoms with Gasteiger partial charge in [0, 0.05) is 0 Å². The molecule has 1 rings (SSSR count). The van der Waals surface area contributed by atoms with Crippen LogP contribution in [0, 0.1) is 11.3 Å². The monoisotopic (exact) mass is 286 g/mol. The van der Waals surface area contributed by atoms with Crippen molar-refractivity contribution in [3.05, 3.63) is 23.8 Å². The molecule has 0 aliphatic rings. The van der Waals surface area contributed by atoms with Crippen LogP contribution in [0.4, 0.5) is 18.9 Å². The van der Waals surface area contributed by atoms with E-state index in [1.807, 2.05) is 0 Å². The maximum absolute atomic E-state index is 12.5. The van der Waals surface area contributed by atoms with Crippen LogP contribution in [0.2, 0.25) is 0 Å². The number of ketones is 1. The molecule has 0 unspecified atom stereocenters. The molecule has 0 spiro atoms. The van der Waals surface area contributed by atoms with E-state index in [4.69, 9.17) is 10.00 Å². The van der Waals surface area contributed by atoms with Crippen LogP contribution in [0.15, 0.2) is 18.2 Å². The Kier molecular flexibility index (Phi) is 4.69. The van der Waals surface area contributed by atoms with Gasteiger partial charge in [-0.25, -0.2) is 0 Å². The Morgan fingerprint density at radius 2 is 2.05 bits per heavy atom. The topological polar surface area (TPSA) is 79.2 Å². The number of nitrogens with one attached hydrogen (secondary N) is 1. The van der Waals surface area contributed by atoms with Crippen molar-refractivity contribution in [3.63, 3.8) is 0 Å². The minimum atomic E-state index is -5.08. The lowest BCUT2D eigenvalue weighted by atomic mass is 10.1. The summed E-state index contributed by atoms with van der Waals surface area (Å²) >= 11 is 0. The molecule has 1 amide bonds. The number of carbonyl (C=O) groups excluding carboxylic acids is 2. The number of nitriles is 1. The van der Waals surface area contributed by atoms with Gasteiger partial charge in [-0.15, -0.1) is 0 Å². The molecule has 0 saturated heterocycles. The van der Waals surface area contributed by atoms with Gasteiger partial charge in [0.25, 0.3) is 5.78 Å². The quantitative estimate of drug-likeness (QED) is 0.861. The minimum Gasteiger partial charge on any atom is -0.497 e. The molecule has 0 aliphatic carbocycles. The summed E-state index contributed by atoms with van der Waals surface area (Å²) in [6.45, 7) is 0. The number of Topliss-reactive ketones (excluding diaryl/α,β-unsaturated/α-hetero) is 1. The molecule has 20 heavy (non-hydrogen) atoms. The summed E-state index contributed by atoms with van der Waals surface area (Å²) in [5.41, 5.74) is -1.07. The molecule has 0 saturated carbocycles. The zero-order valence-corrected chi connectivity index (χ0v) is 10.2. The Morgan fingerprint density at radius 1 is 1.40 bits per heavy atom. The molecule has 0 atom stereocenters. The van der Waals surface area contributed by atoms with E-state index in [-0.39, 0.29) is 11.4 Å². The number of ether oxygens (including phenoxy) is 1. The predicted molar refractivity (Wildman–Crippen MR) is 62.2 cm³/mol. The van der Waals surface area contributed by atoms with Crippen LogP contribution in [0.25, 0.3) is 0 Å². The molecule has 0 radical (unpaired) electrons. The number of nitrogens with zero attached hydrogens (tertiary/aromatic N) is 1. The van der Waals surface area contributed by atoms with Crippen LogP contribution in [0.3, 0.4) is 0 Å². The van der Waals surface area contributed by atoms with Crippen LogP contribution in [-0.4, -0.2) is 25.0 Å². The number of benzene rings is 1. The molecular formula is C12H9F3N2O3. The van der Waals surface area contributed by atoms with Gasteiger partial charge < -0.3 is 10.1 Å². The summed E-state index contributed by atoms with van der Waals surface area (Å²) < 4.78 is 42.2. The third kappa shape index (κ3) is 3.71. The van der Waals surface area contributed by atoms with E-state index < -0.39 is 29.9 Å². The van der Waals surface area contributed by atoms with Gasteiger partial charge >= 0.3 is 6.18 Å². The molecule has 1 N–H and O–H groups in total. The number of alkyl halides is 3. The van der Waals surface area contributed by atoms with E-state index in [1.54, 1.807) is 6.07 Å². The standard InChI is InChI=1S/C12H9F3N2O3/c1-20-7-2-3-9(17-10(18)4-5-16)8(6-7)11(19)12(13,14)15/h2-3,6H,4H2,1H3,(H,17,18). The largest absolute Gasteiger partial charge is 0.497 e. The van der Waals surface area contributed by atoms with Crippen molar-refractivity contribution in [3.8, 4) is 11.8 Å². The molecule has 0 aromatic heterocycles. The van der Waals surface area contributed by atoms with Gasteiger partial charge in [-0.1, -0.05) is 0 Å². The van der Waals surface area contributed by atoms with Gasteiger partial charge in [0.1, 0.15) is 12.2 Å². The second kappa shape index (κ2) is 6.06. The Hall–Kier alpha value is -2.56. The maximum atomic E-state index is 12.5. The second-order valence-corrected chi connectivity index (χ2v) is 3.62.